The summed E-state index contributed by atoms with van der Waals surface area (Å²) in [7, 11) is 0. The zero-order valence-electron chi connectivity index (χ0n) is 23.5. The molecule has 5 heterocycles. The Kier molecular flexibility index (Phi) is 10.8. The molecule has 7 rings (SSSR count). The summed E-state index contributed by atoms with van der Waals surface area (Å²) in [6.45, 7) is 2.63. The summed E-state index contributed by atoms with van der Waals surface area (Å²) in [5.41, 5.74) is 1.73. The van der Waals surface area contributed by atoms with Crippen LogP contribution in [0, 0.1) is 0 Å². The van der Waals surface area contributed by atoms with Crippen molar-refractivity contribution < 1.29 is 32.2 Å². The molecule has 1 aromatic heterocycles. The van der Waals surface area contributed by atoms with Gasteiger partial charge in [0.1, 0.15) is 12.4 Å². The standard InChI is InChI=1S/C28H33F3N8O4/c1-2-32-27(41)39-14-4-3-13-33-23(40)20-7-9-21(10-8-20)35-25-36-24(37-26(38-25)43-18-28(29,30)31)34-17-19-5-11-22(12-6-19)42-16-15-39/h5-12H,2-4,13-18H2,1H3,(H,32,41)(H,33,40)(H2,34,35,36,37,38). The van der Waals surface area contributed by atoms with E-state index in [9.17, 15) is 22.8 Å². The highest BCUT2D eigenvalue weighted by molar-refractivity contribution is 5.94. The Bertz CT molecular complexity index is 1360. The molecule has 0 fully saturated rings. The fraction of sp³-hybridized carbons (Fsp3) is 0.393. The molecular formula is C28H33F3N8O4. The molecule has 0 unspecified atom stereocenters. The van der Waals surface area contributed by atoms with Crippen molar-refractivity contribution in [3.63, 3.8) is 0 Å². The monoisotopic (exact) mass is 602 g/mol. The first-order chi connectivity index (χ1) is 20.7. The van der Waals surface area contributed by atoms with Crippen LogP contribution in [0.1, 0.15) is 35.7 Å². The Labute approximate surface area is 246 Å². The number of halogens is 3. The number of hydrogen-bond acceptors (Lipinski definition) is 9. The summed E-state index contributed by atoms with van der Waals surface area (Å²) >= 11 is 0. The second-order valence-electron chi connectivity index (χ2n) is 9.50. The van der Waals surface area contributed by atoms with E-state index in [0.717, 1.165) is 5.56 Å². The summed E-state index contributed by atoms with van der Waals surface area (Å²) in [4.78, 5) is 39.0. The minimum atomic E-state index is -4.58. The van der Waals surface area contributed by atoms with Crippen LogP contribution in [-0.4, -0.2) is 77.4 Å². The lowest BCUT2D eigenvalue weighted by molar-refractivity contribution is -0.154. The zero-order valence-corrected chi connectivity index (χ0v) is 23.5. The minimum absolute atomic E-state index is 0.00842. The summed E-state index contributed by atoms with van der Waals surface area (Å²) in [6, 6.07) is 12.9. The fourth-order valence-electron chi connectivity index (χ4n) is 4.00. The molecule has 6 bridgehead atoms. The summed E-state index contributed by atoms with van der Waals surface area (Å²) < 4.78 is 48.9. The topological polar surface area (TPSA) is 143 Å². The van der Waals surface area contributed by atoms with Gasteiger partial charge in [-0.2, -0.15) is 28.1 Å². The Balaban J connectivity index is 1.54. The summed E-state index contributed by atoms with van der Waals surface area (Å²) in [5.74, 6) is 0.282. The summed E-state index contributed by atoms with van der Waals surface area (Å²) in [5, 5.41) is 11.6. The van der Waals surface area contributed by atoms with Crippen molar-refractivity contribution in [3.8, 4) is 11.8 Å². The van der Waals surface area contributed by atoms with E-state index in [1.54, 1.807) is 41.3 Å². The number of anilines is 3. The van der Waals surface area contributed by atoms with Gasteiger partial charge >= 0.3 is 18.2 Å². The van der Waals surface area contributed by atoms with Crippen LogP contribution in [0.3, 0.4) is 0 Å². The SMILES string of the molecule is CCNC(=O)N1CCCCNC(=O)c2ccc(cc2)Nc2nc(nc(OCC(F)(F)F)n2)NCc2ccc(cc2)OCC1. The van der Waals surface area contributed by atoms with E-state index in [0.29, 0.717) is 56.0 Å². The number of nitrogens with one attached hydrogen (secondary N) is 4. The van der Waals surface area contributed by atoms with Crippen molar-refractivity contribution >= 4 is 29.5 Å². The average molecular weight is 603 g/mol. The van der Waals surface area contributed by atoms with Gasteiger partial charge in [0.05, 0.1) is 6.54 Å². The second-order valence-corrected chi connectivity index (χ2v) is 9.50. The molecule has 230 valence electrons. The van der Waals surface area contributed by atoms with E-state index in [1.165, 1.54) is 0 Å². The van der Waals surface area contributed by atoms with Crippen molar-refractivity contribution in [2.24, 2.45) is 0 Å². The first-order valence-electron chi connectivity index (χ1n) is 13.8. The zero-order chi connectivity index (χ0) is 30.7. The molecule has 0 saturated heterocycles. The highest BCUT2D eigenvalue weighted by Crippen LogP contribution is 2.21. The lowest BCUT2D eigenvalue weighted by Crippen LogP contribution is -2.42. The molecule has 2 aromatic carbocycles. The second kappa shape index (κ2) is 14.9. The molecule has 4 N–H and O–H groups in total. The number of carbonyl (C=O) groups is 2. The van der Waals surface area contributed by atoms with E-state index in [1.807, 2.05) is 19.1 Å². The van der Waals surface area contributed by atoms with E-state index < -0.39 is 18.8 Å². The maximum absolute atomic E-state index is 12.8. The lowest BCUT2D eigenvalue weighted by atomic mass is 10.2. The molecule has 0 saturated carbocycles. The van der Waals surface area contributed by atoms with Crippen LogP contribution in [0.2, 0.25) is 0 Å². The van der Waals surface area contributed by atoms with E-state index in [2.05, 4.69) is 36.2 Å². The van der Waals surface area contributed by atoms with Gasteiger partial charge in [-0.05, 0) is 61.7 Å². The highest BCUT2D eigenvalue weighted by atomic mass is 19.4. The Morgan fingerprint density at radius 1 is 1.00 bits per heavy atom. The molecule has 0 atom stereocenters. The molecule has 3 amide bonds. The van der Waals surface area contributed by atoms with Crippen LogP contribution in [-0.2, 0) is 6.54 Å². The number of aromatic nitrogens is 3. The number of alkyl halides is 3. The van der Waals surface area contributed by atoms with Gasteiger partial charge in [-0.25, -0.2) is 4.79 Å². The van der Waals surface area contributed by atoms with Crippen LogP contribution in [0.5, 0.6) is 11.8 Å². The number of carbonyl (C=O) groups excluding carboxylic acids is 2. The molecular weight excluding hydrogens is 569 g/mol. The normalized spacial score (nSPS) is 14.9. The van der Waals surface area contributed by atoms with Crippen LogP contribution < -0.4 is 30.7 Å². The molecule has 4 aliphatic rings. The molecule has 15 heteroatoms. The Hall–Kier alpha value is -4.82. The van der Waals surface area contributed by atoms with Gasteiger partial charge in [-0.1, -0.05) is 12.1 Å². The van der Waals surface area contributed by atoms with Crippen molar-refractivity contribution in [3.05, 3.63) is 59.7 Å². The number of hydrogen-bond donors (Lipinski definition) is 4. The van der Waals surface area contributed by atoms with Crippen molar-refractivity contribution in [1.29, 1.82) is 0 Å². The number of benzene rings is 2. The summed E-state index contributed by atoms with van der Waals surface area (Å²) in [6.07, 6.45) is -3.23. The third-order valence-corrected chi connectivity index (χ3v) is 6.14. The molecule has 3 aromatic rings. The van der Waals surface area contributed by atoms with Crippen LogP contribution >= 0.6 is 0 Å². The van der Waals surface area contributed by atoms with Crippen LogP contribution in [0.15, 0.2) is 48.5 Å². The van der Waals surface area contributed by atoms with Gasteiger partial charge in [-0.3, -0.25) is 4.79 Å². The van der Waals surface area contributed by atoms with E-state index >= 15 is 0 Å². The number of amides is 3. The Morgan fingerprint density at radius 3 is 2.47 bits per heavy atom. The molecule has 0 radical (unpaired) electrons. The molecule has 4 aliphatic heterocycles. The van der Waals surface area contributed by atoms with Gasteiger partial charge in [0.2, 0.25) is 11.9 Å². The van der Waals surface area contributed by atoms with Crippen LogP contribution in [0.25, 0.3) is 0 Å². The third-order valence-electron chi connectivity index (χ3n) is 6.14. The smallest absolute Gasteiger partial charge is 0.422 e. The van der Waals surface area contributed by atoms with Gasteiger partial charge in [-0.15, -0.1) is 0 Å². The van der Waals surface area contributed by atoms with E-state index in [4.69, 9.17) is 9.47 Å². The van der Waals surface area contributed by atoms with Crippen LogP contribution in [0.4, 0.5) is 35.5 Å². The molecule has 0 spiro atoms. The number of ether oxygens (including phenoxy) is 2. The molecule has 0 aliphatic carbocycles. The highest BCUT2D eigenvalue weighted by Gasteiger charge is 2.29. The maximum atomic E-state index is 12.8. The predicted molar refractivity (Wildman–Crippen MR) is 153 cm³/mol. The number of nitrogens with zero attached hydrogens (tertiary/aromatic N) is 4. The van der Waals surface area contributed by atoms with Gasteiger partial charge in [0, 0.05) is 37.4 Å². The van der Waals surface area contributed by atoms with Crippen molar-refractivity contribution in [2.75, 3.05) is 50.0 Å². The molecule has 12 nitrogen and oxygen atoms in total. The van der Waals surface area contributed by atoms with Gasteiger partial charge < -0.3 is 35.6 Å². The van der Waals surface area contributed by atoms with Gasteiger partial charge in [0.15, 0.2) is 6.61 Å². The average Bonchev–Trinajstić information content (AvgIpc) is 2.98. The largest absolute Gasteiger partial charge is 0.492 e. The van der Waals surface area contributed by atoms with Crippen molar-refractivity contribution in [2.45, 2.75) is 32.5 Å². The first kappa shape index (κ1) is 31.1. The lowest BCUT2D eigenvalue weighted by Gasteiger charge is -2.23. The fourth-order valence-corrected chi connectivity index (χ4v) is 4.00. The predicted octanol–water partition coefficient (Wildman–Crippen LogP) is 4.10. The Morgan fingerprint density at radius 2 is 1.74 bits per heavy atom. The number of rotatable bonds is 3. The molecule has 43 heavy (non-hydrogen) atoms. The van der Waals surface area contributed by atoms with Gasteiger partial charge in [0.25, 0.3) is 5.91 Å². The maximum Gasteiger partial charge on any atom is 0.422 e. The minimum Gasteiger partial charge on any atom is -0.492 e. The number of urea groups is 1. The van der Waals surface area contributed by atoms with Crippen molar-refractivity contribution in [1.82, 2.24) is 30.5 Å². The third kappa shape index (κ3) is 10.2. The first-order valence-corrected chi connectivity index (χ1v) is 13.8. The quantitative estimate of drug-likeness (QED) is 0.349. The van der Waals surface area contributed by atoms with E-state index in [-0.39, 0.29) is 37.0 Å².